The second-order valence-electron chi connectivity index (χ2n) is 9.96. The van der Waals surface area contributed by atoms with Crippen LogP contribution in [0.15, 0.2) is 60.7 Å². The zero-order valence-corrected chi connectivity index (χ0v) is 21.0. The molecule has 0 N–H and O–H groups in total. The molecule has 1 saturated heterocycles. The highest BCUT2D eigenvalue weighted by molar-refractivity contribution is 6.77. The molecule has 0 radical (unpaired) electrons. The van der Waals surface area contributed by atoms with Crippen LogP contribution in [-0.2, 0) is 15.8 Å². The maximum Gasteiger partial charge on any atom is 0.223 e. The molecule has 0 spiro atoms. The van der Waals surface area contributed by atoms with E-state index in [9.17, 15) is 4.79 Å². The summed E-state index contributed by atoms with van der Waals surface area (Å²) in [5.41, 5.74) is 3.95. The molecule has 1 heterocycles. The van der Waals surface area contributed by atoms with Gasteiger partial charge < -0.3 is 9.33 Å². The number of amides is 1. The second kappa shape index (κ2) is 10.1. The Labute approximate surface area is 189 Å². The first-order chi connectivity index (χ1) is 14.8. The van der Waals surface area contributed by atoms with E-state index in [0.717, 1.165) is 0 Å². The van der Waals surface area contributed by atoms with Crippen molar-refractivity contribution >= 4 is 14.2 Å². The SMILES string of the molecule is CC(C)[Si](O[C@@H]1CN(Cc2ccccc2)C(=O)C[C@H]1c1ccccc1)(C(C)C)C(C)C. The standard InChI is InChI=1S/C27H39NO2Si/c1-20(2)31(21(3)4,22(5)6)30-26-19-28(18-23-13-9-7-10-14-23)27(29)17-25(26)24-15-11-8-12-16-24/h7-16,20-22,25-26H,17-19H2,1-6H3/t25-,26+/m0/s1. The monoisotopic (exact) mass is 437 g/mol. The lowest BCUT2D eigenvalue weighted by Gasteiger charge is -2.48. The summed E-state index contributed by atoms with van der Waals surface area (Å²) in [7, 11) is -2.07. The van der Waals surface area contributed by atoms with Crippen LogP contribution in [0.1, 0.15) is 65.0 Å². The van der Waals surface area contributed by atoms with E-state index in [1.807, 2.05) is 29.2 Å². The van der Waals surface area contributed by atoms with Gasteiger partial charge in [0.1, 0.15) is 0 Å². The molecule has 0 bridgehead atoms. The lowest BCUT2D eigenvalue weighted by atomic mass is 9.86. The molecule has 3 nitrogen and oxygen atoms in total. The van der Waals surface area contributed by atoms with Crippen molar-refractivity contribution in [2.75, 3.05) is 6.54 Å². The Morgan fingerprint density at radius 1 is 0.871 bits per heavy atom. The molecular weight excluding hydrogens is 398 g/mol. The van der Waals surface area contributed by atoms with Crippen molar-refractivity contribution in [2.45, 2.75) is 83.2 Å². The first-order valence-corrected chi connectivity index (χ1v) is 13.9. The van der Waals surface area contributed by atoms with Gasteiger partial charge in [0, 0.05) is 25.4 Å². The van der Waals surface area contributed by atoms with Crippen LogP contribution in [0, 0.1) is 0 Å². The van der Waals surface area contributed by atoms with Gasteiger partial charge in [-0.05, 0) is 27.8 Å². The molecule has 1 fully saturated rings. The third-order valence-corrected chi connectivity index (χ3v) is 13.2. The number of carbonyl (C=O) groups excluding carboxylic acids is 1. The molecule has 0 aromatic heterocycles. The molecule has 0 aliphatic carbocycles. The van der Waals surface area contributed by atoms with Gasteiger partial charge in [-0.3, -0.25) is 4.79 Å². The molecule has 0 saturated carbocycles. The lowest BCUT2D eigenvalue weighted by Crippen LogP contribution is -2.56. The summed E-state index contributed by atoms with van der Waals surface area (Å²) in [6.07, 6.45) is 0.544. The summed E-state index contributed by atoms with van der Waals surface area (Å²) in [5.74, 6) is 0.340. The Morgan fingerprint density at radius 2 is 1.39 bits per heavy atom. The van der Waals surface area contributed by atoms with Crippen molar-refractivity contribution in [3.63, 3.8) is 0 Å². The van der Waals surface area contributed by atoms with Crippen molar-refractivity contribution in [3.05, 3.63) is 71.8 Å². The number of benzene rings is 2. The highest BCUT2D eigenvalue weighted by Gasteiger charge is 2.49. The zero-order chi connectivity index (χ0) is 22.6. The normalized spacial score (nSPS) is 20.2. The average molecular weight is 438 g/mol. The average Bonchev–Trinajstić information content (AvgIpc) is 2.74. The third kappa shape index (κ3) is 5.12. The quantitative estimate of drug-likeness (QED) is 0.427. The molecule has 0 unspecified atom stereocenters. The van der Waals surface area contributed by atoms with Crippen LogP contribution >= 0.6 is 0 Å². The van der Waals surface area contributed by atoms with E-state index in [2.05, 4.69) is 77.9 Å². The van der Waals surface area contributed by atoms with Crippen LogP contribution in [0.2, 0.25) is 16.6 Å². The van der Waals surface area contributed by atoms with Gasteiger partial charge in [0.05, 0.1) is 6.10 Å². The van der Waals surface area contributed by atoms with Crippen LogP contribution in [0.4, 0.5) is 0 Å². The number of carbonyl (C=O) groups is 1. The first kappa shape index (κ1) is 23.7. The van der Waals surface area contributed by atoms with Gasteiger partial charge >= 0.3 is 0 Å². The molecule has 1 aliphatic heterocycles. The maximum atomic E-state index is 13.2. The maximum absolute atomic E-state index is 13.2. The van der Waals surface area contributed by atoms with Crippen LogP contribution < -0.4 is 0 Å². The number of rotatable bonds is 8. The van der Waals surface area contributed by atoms with E-state index in [4.69, 9.17) is 4.43 Å². The minimum Gasteiger partial charge on any atom is -0.411 e. The van der Waals surface area contributed by atoms with Gasteiger partial charge in [-0.1, -0.05) is 102 Å². The molecule has 1 aliphatic rings. The largest absolute Gasteiger partial charge is 0.411 e. The zero-order valence-electron chi connectivity index (χ0n) is 20.0. The van der Waals surface area contributed by atoms with Crippen molar-refractivity contribution in [2.24, 2.45) is 0 Å². The van der Waals surface area contributed by atoms with Crippen LogP contribution in [0.3, 0.4) is 0 Å². The minimum absolute atomic E-state index is 0.0303. The van der Waals surface area contributed by atoms with Crippen LogP contribution in [0.25, 0.3) is 0 Å². The summed E-state index contributed by atoms with van der Waals surface area (Å²) < 4.78 is 7.29. The Hall–Kier alpha value is -1.91. The summed E-state index contributed by atoms with van der Waals surface area (Å²) in [4.78, 5) is 15.2. The first-order valence-electron chi connectivity index (χ1n) is 11.8. The van der Waals surface area contributed by atoms with E-state index in [0.29, 0.717) is 36.1 Å². The number of hydrogen-bond acceptors (Lipinski definition) is 2. The Bertz CT molecular complexity index is 813. The lowest BCUT2D eigenvalue weighted by molar-refractivity contribution is -0.138. The van der Waals surface area contributed by atoms with Gasteiger partial charge in [0.2, 0.25) is 14.2 Å². The van der Waals surface area contributed by atoms with E-state index in [1.165, 1.54) is 11.1 Å². The predicted molar refractivity (Wildman–Crippen MR) is 132 cm³/mol. The Balaban J connectivity index is 1.94. The molecule has 2 aromatic carbocycles. The summed E-state index contributed by atoms with van der Waals surface area (Å²) >= 11 is 0. The van der Waals surface area contributed by atoms with Crippen molar-refractivity contribution in [1.82, 2.24) is 4.90 Å². The summed E-state index contributed by atoms with van der Waals surface area (Å²) in [6.45, 7) is 15.3. The van der Waals surface area contributed by atoms with E-state index in [-0.39, 0.29) is 17.9 Å². The van der Waals surface area contributed by atoms with Crippen LogP contribution in [-0.4, -0.2) is 31.8 Å². The number of piperidine rings is 1. The highest BCUT2D eigenvalue weighted by Crippen LogP contribution is 2.45. The Kier molecular flexibility index (Phi) is 7.76. The van der Waals surface area contributed by atoms with E-state index < -0.39 is 8.32 Å². The second-order valence-corrected chi connectivity index (χ2v) is 15.4. The van der Waals surface area contributed by atoms with Crippen molar-refractivity contribution < 1.29 is 9.22 Å². The topological polar surface area (TPSA) is 29.5 Å². The van der Waals surface area contributed by atoms with E-state index in [1.54, 1.807) is 0 Å². The molecule has 2 atom stereocenters. The van der Waals surface area contributed by atoms with Crippen LogP contribution in [0.5, 0.6) is 0 Å². The van der Waals surface area contributed by atoms with Gasteiger partial charge in [-0.2, -0.15) is 0 Å². The highest BCUT2D eigenvalue weighted by atomic mass is 28.4. The number of likely N-dealkylation sites (tertiary alicyclic amines) is 1. The molecule has 3 rings (SSSR count). The smallest absolute Gasteiger partial charge is 0.223 e. The van der Waals surface area contributed by atoms with Gasteiger partial charge in [0.25, 0.3) is 0 Å². The van der Waals surface area contributed by atoms with E-state index >= 15 is 0 Å². The summed E-state index contributed by atoms with van der Waals surface area (Å²) in [5, 5.41) is 0. The molecule has 31 heavy (non-hydrogen) atoms. The summed E-state index contributed by atoms with van der Waals surface area (Å²) in [6, 6.07) is 20.8. The molecule has 168 valence electrons. The fourth-order valence-electron chi connectivity index (χ4n) is 5.67. The third-order valence-electron chi connectivity index (χ3n) is 7.10. The Morgan fingerprint density at radius 3 is 1.90 bits per heavy atom. The van der Waals surface area contributed by atoms with Gasteiger partial charge in [-0.15, -0.1) is 0 Å². The number of nitrogens with zero attached hydrogens (tertiary/aromatic N) is 1. The fraction of sp³-hybridized carbons (Fsp3) is 0.519. The predicted octanol–water partition coefficient (Wildman–Crippen LogP) is 6.76. The van der Waals surface area contributed by atoms with Crippen molar-refractivity contribution in [1.29, 1.82) is 0 Å². The molecular formula is C27H39NO2Si. The molecule has 2 aromatic rings. The number of hydrogen-bond donors (Lipinski definition) is 0. The van der Waals surface area contributed by atoms with Gasteiger partial charge in [0.15, 0.2) is 0 Å². The molecule has 1 amide bonds. The van der Waals surface area contributed by atoms with Gasteiger partial charge in [-0.25, -0.2) is 0 Å². The fourth-order valence-corrected chi connectivity index (χ4v) is 11.3. The minimum atomic E-state index is -2.07. The molecule has 4 heteroatoms. The van der Waals surface area contributed by atoms with Crippen molar-refractivity contribution in [3.8, 4) is 0 Å².